The molecule has 0 atom stereocenters. The van der Waals surface area contributed by atoms with Gasteiger partial charge in [-0.25, -0.2) is 0 Å². The van der Waals surface area contributed by atoms with Gasteiger partial charge >= 0.3 is 0 Å². The van der Waals surface area contributed by atoms with Crippen LogP contribution >= 0.6 is 0 Å². The number of aromatic nitrogens is 2. The molecular formula is C17H15N5O2. The largest absolute Gasteiger partial charge is 0.492 e. The number of nitrogens with zero attached hydrogens (tertiary/aromatic N) is 4. The minimum absolute atomic E-state index is 0.126. The van der Waals surface area contributed by atoms with E-state index < -0.39 is 5.91 Å². The fourth-order valence-corrected chi connectivity index (χ4v) is 2.25. The zero-order chi connectivity index (χ0) is 17.1. The van der Waals surface area contributed by atoms with Crippen LogP contribution in [-0.4, -0.2) is 20.8 Å². The van der Waals surface area contributed by atoms with E-state index in [4.69, 9.17) is 5.73 Å². The number of hydrogen-bond donors (Lipinski definition) is 2. The van der Waals surface area contributed by atoms with Gasteiger partial charge in [-0.15, -0.1) is 10.2 Å². The van der Waals surface area contributed by atoms with E-state index in [0.717, 1.165) is 0 Å². The topological polar surface area (TPSA) is 106 Å². The highest BCUT2D eigenvalue weighted by molar-refractivity contribution is 5.97. The van der Waals surface area contributed by atoms with Crippen LogP contribution in [-0.2, 0) is 0 Å². The average molecular weight is 321 g/mol. The number of benzene rings is 2. The Kier molecular flexibility index (Phi) is 4.07. The Bertz CT molecular complexity index is 916. The highest BCUT2D eigenvalue weighted by Crippen LogP contribution is 2.34. The fraction of sp³-hybridized carbons (Fsp3) is 0.0588. The monoisotopic (exact) mass is 321 g/mol. The molecule has 0 fully saturated rings. The van der Waals surface area contributed by atoms with E-state index in [1.807, 2.05) is 30.3 Å². The molecule has 120 valence electrons. The average Bonchev–Trinajstić information content (AvgIpc) is 2.88. The summed E-state index contributed by atoms with van der Waals surface area (Å²) in [5.74, 6) is -0.718. The number of hydrogen-bond acceptors (Lipinski definition) is 5. The van der Waals surface area contributed by atoms with Gasteiger partial charge in [0.2, 0.25) is 5.88 Å². The van der Waals surface area contributed by atoms with Crippen LogP contribution in [0.3, 0.4) is 0 Å². The molecule has 3 aromatic rings. The molecule has 24 heavy (non-hydrogen) atoms. The van der Waals surface area contributed by atoms with Crippen molar-refractivity contribution in [3.63, 3.8) is 0 Å². The number of carbonyl (C=O) groups excluding carboxylic acids is 1. The van der Waals surface area contributed by atoms with Gasteiger partial charge in [-0.3, -0.25) is 4.79 Å². The number of primary amides is 1. The Labute approximate surface area is 138 Å². The van der Waals surface area contributed by atoms with Gasteiger partial charge in [0.05, 0.1) is 22.6 Å². The van der Waals surface area contributed by atoms with Crippen LogP contribution < -0.4 is 5.73 Å². The molecule has 0 aliphatic heterocycles. The van der Waals surface area contributed by atoms with E-state index >= 15 is 0 Å². The maximum absolute atomic E-state index is 11.4. The second-order valence-electron chi connectivity index (χ2n) is 5.09. The second-order valence-corrected chi connectivity index (χ2v) is 5.09. The van der Waals surface area contributed by atoms with Gasteiger partial charge in [0.1, 0.15) is 0 Å². The molecule has 3 rings (SSSR count). The van der Waals surface area contributed by atoms with Crippen LogP contribution in [0.2, 0.25) is 0 Å². The first kappa shape index (κ1) is 15.4. The van der Waals surface area contributed by atoms with Crippen molar-refractivity contribution in [1.82, 2.24) is 9.78 Å². The summed E-state index contributed by atoms with van der Waals surface area (Å²) in [5, 5.41) is 22.7. The number of amides is 1. The molecule has 7 nitrogen and oxygen atoms in total. The maximum Gasteiger partial charge on any atom is 0.250 e. The lowest BCUT2D eigenvalue weighted by Crippen LogP contribution is -2.10. The molecule has 7 heteroatoms. The fourth-order valence-electron chi connectivity index (χ4n) is 2.25. The molecular weight excluding hydrogens is 306 g/mol. The van der Waals surface area contributed by atoms with Crippen molar-refractivity contribution >= 4 is 17.3 Å². The number of para-hydroxylation sites is 1. The molecule has 0 radical (unpaired) electrons. The smallest absolute Gasteiger partial charge is 0.250 e. The molecule has 0 aliphatic rings. The highest BCUT2D eigenvalue weighted by Gasteiger charge is 2.15. The summed E-state index contributed by atoms with van der Waals surface area (Å²) in [6, 6.07) is 15.8. The molecule has 1 amide bonds. The summed E-state index contributed by atoms with van der Waals surface area (Å²) in [7, 11) is 0. The number of nitrogens with two attached hydrogens (primary N) is 1. The predicted octanol–water partition coefficient (Wildman–Crippen LogP) is 3.40. The molecule has 1 aromatic heterocycles. The summed E-state index contributed by atoms with van der Waals surface area (Å²) in [6.07, 6.45) is 0. The summed E-state index contributed by atoms with van der Waals surface area (Å²) < 4.78 is 1.38. The van der Waals surface area contributed by atoms with E-state index in [-0.39, 0.29) is 17.1 Å². The molecule has 0 unspecified atom stereocenters. The summed E-state index contributed by atoms with van der Waals surface area (Å²) >= 11 is 0. The minimum Gasteiger partial charge on any atom is -0.492 e. The van der Waals surface area contributed by atoms with Crippen LogP contribution in [0.5, 0.6) is 5.88 Å². The molecule has 2 aromatic carbocycles. The maximum atomic E-state index is 11.4. The standard InChI is InChI=1S/C17H15N5O2/c1-11-15(17(24)22(21-11)12-7-3-2-4-8-12)20-19-14-10-6-5-9-13(14)16(18)23/h2-10,24H,1H3,(H2,18,23)/b20-19+. The van der Waals surface area contributed by atoms with Gasteiger partial charge in [-0.2, -0.15) is 9.78 Å². The van der Waals surface area contributed by atoms with Crippen molar-refractivity contribution in [3.8, 4) is 11.6 Å². The molecule has 0 aliphatic carbocycles. The van der Waals surface area contributed by atoms with Gasteiger partial charge in [0, 0.05) is 0 Å². The van der Waals surface area contributed by atoms with Crippen molar-refractivity contribution in [1.29, 1.82) is 0 Å². The molecule has 3 N–H and O–H groups in total. The third-order valence-corrected chi connectivity index (χ3v) is 3.43. The first-order chi connectivity index (χ1) is 11.6. The Morgan fingerprint density at radius 3 is 2.46 bits per heavy atom. The zero-order valence-electron chi connectivity index (χ0n) is 12.9. The summed E-state index contributed by atoms with van der Waals surface area (Å²) in [5.41, 5.74) is 7.36. The van der Waals surface area contributed by atoms with Crippen molar-refractivity contribution in [2.45, 2.75) is 6.92 Å². The number of azo groups is 1. The van der Waals surface area contributed by atoms with Crippen LogP contribution in [0.1, 0.15) is 16.1 Å². The van der Waals surface area contributed by atoms with Crippen molar-refractivity contribution in [2.24, 2.45) is 16.0 Å². The molecule has 0 saturated heterocycles. The van der Waals surface area contributed by atoms with Gasteiger partial charge in [0.15, 0.2) is 5.69 Å². The number of carbonyl (C=O) groups is 1. The van der Waals surface area contributed by atoms with Crippen LogP contribution in [0, 0.1) is 6.92 Å². The predicted molar refractivity (Wildman–Crippen MR) is 89.1 cm³/mol. The first-order valence-electron chi connectivity index (χ1n) is 7.22. The Balaban J connectivity index is 2.00. The number of aryl methyl sites for hydroxylation is 1. The third kappa shape index (κ3) is 2.87. The van der Waals surface area contributed by atoms with E-state index in [0.29, 0.717) is 17.1 Å². The zero-order valence-corrected chi connectivity index (χ0v) is 12.9. The lowest BCUT2D eigenvalue weighted by atomic mass is 10.2. The normalized spacial score (nSPS) is 11.0. The Morgan fingerprint density at radius 1 is 1.08 bits per heavy atom. The van der Waals surface area contributed by atoms with E-state index in [1.54, 1.807) is 31.2 Å². The van der Waals surface area contributed by atoms with Gasteiger partial charge in [0.25, 0.3) is 5.91 Å². The quantitative estimate of drug-likeness (QED) is 0.719. The molecule has 0 spiro atoms. The molecule has 1 heterocycles. The summed E-state index contributed by atoms with van der Waals surface area (Å²) in [4.78, 5) is 11.4. The van der Waals surface area contributed by atoms with E-state index in [9.17, 15) is 9.90 Å². The van der Waals surface area contributed by atoms with Crippen molar-refractivity contribution in [3.05, 3.63) is 65.9 Å². The number of rotatable bonds is 4. The minimum atomic E-state index is -0.592. The van der Waals surface area contributed by atoms with Crippen molar-refractivity contribution < 1.29 is 9.90 Å². The lowest BCUT2D eigenvalue weighted by Gasteiger charge is -2.02. The lowest BCUT2D eigenvalue weighted by molar-refractivity contribution is 0.100. The van der Waals surface area contributed by atoms with Gasteiger partial charge in [-0.05, 0) is 31.2 Å². The summed E-state index contributed by atoms with van der Waals surface area (Å²) in [6.45, 7) is 1.72. The van der Waals surface area contributed by atoms with E-state index in [2.05, 4.69) is 15.3 Å². The molecule has 0 bridgehead atoms. The van der Waals surface area contributed by atoms with E-state index in [1.165, 1.54) is 4.68 Å². The SMILES string of the molecule is Cc1nn(-c2ccccc2)c(O)c1/N=N/c1ccccc1C(N)=O. The van der Waals surface area contributed by atoms with Crippen LogP contribution in [0.15, 0.2) is 64.8 Å². The Hall–Kier alpha value is -3.48. The molecule has 0 saturated carbocycles. The van der Waals surface area contributed by atoms with Gasteiger partial charge < -0.3 is 10.8 Å². The van der Waals surface area contributed by atoms with Crippen LogP contribution in [0.4, 0.5) is 11.4 Å². The van der Waals surface area contributed by atoms with Gasteiger partial charge in [-0.1, -0.05) is 30.3 Å². The number of aromatic hydroxyl groups is 1. The first-order valence-corrected chi connectivity index (χ1v) is 7.22. The third-order valence-electron chi connectivity index (χ3n) is 3.43. The van der Waals surface area contributed by atoms with Crippen molar-refractivity contribution in [2.75, 3.05) is 0 Å². The van der Waals surface area contributed by atoms with Crippen LogP contribution in [0.25, 0.3) is 5.69 Å². The highest BCUT2D eigenvalue weighted by atomic mass is 16.3. The second kappa shape index (κ2) is 6.33. The Morgan fingerprint density at radius 2 is 1.75 bits per heavy atom.